The molecule has 0 aliphatic carbocycles. The van der Waals surface area contributed by atoms with Crippen molar-refractivity contribution < 1.29 is 23.5 Å². The van der Waals surface area contributed by atoms with Gasteiger partial charge in [-0.2, -0.15) is 5.10 Å². The van der Waals surface area contributed by atoms with E-state index in [9.17, 15) is 13.2 Å². The molecule has 96 valence electrons. The molecule has 0 saturated carbocycles. The second kappa shape index (κ2) is 4.82. The summed E-state index contributed by atoms with van der Waals surface area (Å²) in [6.07, 6.45) is -0.159. The Kier molecular flexibility index (Phi) is 3.86. The Labute approximate surface area is 97.9 Å². The van der Waals surface area contributed by atoms with E-state index in [1.54, 1.807) is 0 Å². The van der Waals surface area contributed by atoms with Gasteiger partial charge in [0.15, 0.2) is 0 Å². The summed E-state index contributed by atoms with van der Waals surface area (Å²) in [4.78, 5) is 11.5. The van der Waals surface area contributed by atoms with Crippen LogP contribution in [0.4, 0.5) is 0 Å². The van der Waals surface area contributed by atoms with E-state index in [-0.39, 0.29) is 29.2 Å². The SMILES string of the molecule is Cc1nn(CCC(=O)O)c(C)c1S(=O)(=O)NO. The van der Waals surface area contributed by atoms with Crippen LogP contribution in [0.15, 0.2) is 4.90 Å². The number of carbonyl (C=O) groups is 1. The predicted molar refractivity (Wildman–Crippen MR) is 56.1 cm³/mol. The van der Waals surface area contributed by atoms with Gasteiger partial charge in [-0.1, -0.05) is 4.89 Å². The first-order valence-electron chi connectivity index (χ1n) is 4.71. The van der Waals surface area contributed by atoms with Crippen molar-refractivity contribution >= 4 is 16.0 Å². The van der Waals surface area contributed by atoms with Crippen molar-refractivity contribution in [3.05, 3.63) is 11.4 Å². The van der Waals surface area contributed by atoms with Gasteiger partial charge in [0.1, 0.15) is 4.90 Å². The summed E-state index contributed by atoms with van der Waals surface area (Å²) in [5.74, 6) is -0.998. The minimum atomic E-state index is -4.00. The molecular formula is C8H13N3O5S. The molecule has 1 aromatic rings. The summed E-state index contributed by atoms with van der Waals surface area (Å²) >= 11 is 0. The van der Waals surface area contributed by atoms with Crippen LogP contribution in [-0.2, 0) is 21.4 Å². The monoisotopic (exact) mass is 263 g/mol. The summed E-state index contributed by atoms with van der Waals surface area (Å²) in [5.41, 5.74) is 0.486. The van der Waals surface area contributed by atoms with Crippen molar-refractivity contribution in [2.24, 2.45) is 0 Å². The number of nitrogens with zero attached hydrogens (tertiary/aromatic N) is 2. The summed E-state index contributed by atoms with van der Waals surface area (Å²) in [7, 11) is -4.00. The second-order valence-corrected chi connectivity index (χ2v) is 5.06. The smallest absolute Gasteiger partial charge is 0.305 e. The van der Waals surface area contributed by atoms with Crippen LogP contribution in [0.1, 0.15) is 17.8 Å². The van der Waals surface area contributed by atoms with Gasteiger partial charge in [0.2, 0.25) is 0 Å². The van der Waals surface area contributed by atoms with Crippen LogP contribution in [-0.4, -0.2) is 34.5 Å². The van der Waals surface area contributed by atoms with Crippen LogP contribution in [0.3, 0.4) is 0 Å². The van der Waals surface area contributed by atoms with E-state index in [4.69, 9.17) is 10.3 Å². The molecule has 0 radical (unpaired) electrons. The number of sulfonamides is 1. The zero-order valence-corrected chi connectivity index (χ0v) is 10.2. The van der Waals surface area contributed by atoms with Gasteiger partial charge in [-0.05, 0) is 13.8 Å². The highest BCUT2D eigenvalue weighted by molar-refractivity contribution is 7.89. The summed E-state index contributed by atoms with van der Waals surface area (Å²) in [6, 6.07) is 0. The van der Waals surface area contributed by atoms with Crippen LogP contribution in [0.25, 0.3) is 0 Å². The maximum absolute atomic E-state index is 11.5. The molecule has 0 unspecified atom stereocenters. The van der Waals surface area contributed by atoms with Crippen molar-refractivity contribution in [1.82, 2.24) is 14.7 Å². The van der Waals surface area contributed by atoms with E-state index < -0.39 is 16.0 Å². The molecule has 0 aromatic carbocycles. The third-order valence-electron chi connectivity index (χ3n) is 2.24. The van der Waals surface area contributed by atoms with Crippen LogP contribution in [0.2, 0.25) is 0 Å². The number of nitrogens with one attached hydrogen (secondary N) is 1. The van der Waals surface area contributed by atoms with Crippen molar-refractivity contribution in [2.45, 2.75) is 31.7 Å². The fourth-order valence-electron chi connectivity index (χ4n) is 1.53. The molecule has 8 nitrogen and oxygen atoms in total. The average Bonchev–Trinajstić information content (AvgIpc) is 2.51. The zero-order valence-electron chi connectivity index (χ0n) is 9.34. The Bertz CT molecular complexity index is 534. The molecule has 1 heterocycles. The van der Waals surface area contributed by atoms with Gasteiger partial charge in [-0.3, -0.25) is 9.48 Å². The largest absolute Gasteiger partial charge is 0.481 e. The number of hydrogen-bond donors (Lipinski definition) is 3. The summed E-state index contributed by atoms with van der Waals surface area (Å²) < 4.78 is 24.2. The molecule has 0 aliphatic heterocycles. The number of hydrogen-bond acceptors (Lipinski definition) is 5. The van der Waals surface area contributed by atoms with Crippen LogP contribution >= 0.6 is 0 Å². The van der Waals surface area contributed by atoms with Crippen molar-refractivity contribution in [3.8, 4) is 0 Å². The minimum absolute atomic E-state index is 0.0724. The normalized spacial score (nSPS) is 11.7. The summed E-state index contributed by atoms with van der Waals surface area (Å²) in [6.45, 7) is 3.03. The molecule has 0 atom stereocenters. The van der Waals surface area contributed by atoms with Crippen molar-refractivity contribution in [2.75, 3.05) is 0 Å². The second-order valence-electron chi connectivity index (χ2n) is 3.46. The third-order valence-corrected chi connectivity index (χ3v) is 3.61. The van der Waals surface area contributed by atoms with Gasteiger partial charge in [0, 0.05) is 0 Å². The number of carboxylic acids is 1. The Morgan fingerprint density at radius 2 is 2.06 bits per heavy atom. The van der Waals surface area contributed by atoms with Gasteiger partial charge >= 0.3 is 5.97 Å². The Balaban J connectivity index is 3.15. The van der Waals surface area contributed by atoms with Gasteiger partial charge < -0.3 is 10.3 Å². The Hall–Kier alpha value is -1.45. The molecule has 0 saturated heterocycles. The minimum Gasteiger partial charge on any atom is -0.481 e. The molecule has 1 rings (SSSR count). The highest BCUT2D eigenvalue weighted by Crippen LogP contribution is 2.18. The van der Waals surface area contributed by atoms with Gasteiger partial charge in [0.25, 0.3) is 10.0 Å². The van der Waals surface area contributed by atoms with E-state index in [0.717, 1.165) is 0 Å². The molecular weight excluding hydrogens is 250 g/mol. The van der Waals surface area contributed by atoms with Gasteiger partial charge in [-0.25, -0.2) is 8.42 Å². The van der Waals surface area contributed by atoms with Crippen LogP contribution < -0.4 is 4.89 Å². The average molecular weight is 263 g/mol. The Morgan fingerprint density at radius 1 is 1.47 bits per heavy atom. The van der Waals surface area contributed by atoms with E-state index >= 15 is 0 Å². The molecule has 3 N–H and O–H groups in total. The molecule has 0 fully saturated rings. The molecule has 0 aliphatic rings. The molecule has 17 heavy (non-hydrogen) atoms. The number of aromatic nitrogens is 2. The molecule has 0 amide bonds. The first-order valence-corrected chi connectivity index (χ1v) is 6.19. The number of carboxylic acid groups (broad SMARTS) is 1. The van der Waals surface area contributed by atoms with Crippen LogP contribution in [0.5, 0.6) is 0 Å². The first kappa shape index (κ1) is 13.6. The number of aliphatic carboxylic acids is 1. The highest BCUT2D eigenvalue weighted by Gasteiger charge is 2.23. The molecule has 0 bridgehead atoms. The lowest BCUT2D eigenvalue weighted by Crippen LogP contribution is -2.20. The lowest BCUT2D eigenvalue weighted by molar-refractivity contribution is -0.137. The zero-order chi connectivity index (χ0) is 13.2. The topological polar surface area (TPSA) is 122 Å². The molecule has 0 spiro atoms. The standard InChI is InChI=1S/C8H13N3O5S/c1-5-8(17(15,16)10-14)6(2)11(9-5)4-3-7(12)13/h10,14H,3-4H2,1-2H3,(H,12,13). The maximum Gasteiger partial charge on any atom is 0.305 e. The van der Waals surface area contributed by atoms with E-state index in [1.165, 1.54) is 23.4 Å². The fraction of sp³-hybridized carbons (Fsp3) is 0.500. The lowest BCUT2D eigenvalue weighted by Gasteiger charge is -2.03. The van der Waals surface area contributed by atoms with Crippen molar-refractivity contribution in [1.29, 1.82) is 0 Å². The maximum atomic E-state index is 11.5. The van der Waals surface area contributed by atoms with Crippen LogP contribution in [0, 0.1) is 13.8 Å². The lowest BCUT2D eigenvalue weighted by atomic mass is 10.4. The fourth-order valence-corrected chi connectivity index (χ4v) is 2.55. The quantitative estimate of drug-likeness (QED) is 0.624. The highest BCUT2D eigenvalue weighted by atomic mass is 32.2. The third kappa shape index (κ3) is 2.81. The Morgan fingerprint density at radius 3 is 2.53 bits per heavy atom. The number of aryl methyl sites for hydroxylation is 2. The van der Waals surface area contributed by atoms with E-state index in [0.29, 0.717) is 0 Å². The van der Waals surface area contributed by atoms with Gasteiger partial charge in [0.05, 0.1) is 24.4 Å². The van der Waals surface area contributed by atoms with E-state index in [1.807, 2.05) is 0 Å². The summed E-state index contributed by atoms with van der Waals surface area (Å²) in [5, 5.41) is 21.0. The van der Waals surface area contributed by atoms with E-state index in [2.05, 4.69) is 5.10 Å². The van der Waals surface area contributed by atoms with Gasteiger partial charge in [-0.15, -0.1) is 0 Å². The van der Waals surface area contributed by atoms with Crippen molar-refractivity contribution in [3.63, 3.8) is 0 Å². The molecule has 9 heteroatoms. The predicted octanol–water partition coefficient (Wildman–Crippen LogP) is -0.358. The molecule has 1 aromatic heterocycles. The first-order chi connectivity index (χ1) is 7.79. The number of rotatable bonds is 5.